The first-order chi connectivity index (χ1) is 12.1. The molecule has 0 bridgehead atoms. The standard InChI is InChI=1S/C14H7Cl2F3N4O3/c1-5-20-12(23-26-5)11-21-10(14(17,18)19)9(13(24)22-11)25-6-2-3-7(15)8(16)4-6/h2-4H,1H3,(H,21,22,24). The zero-order valence-corrected chi connectivity index (χ0v) is 14.2. The maximum absolute atomic E-state index is 13.4. The highest BCUT2D eigenvalue weighted by Gasteiger charge is 2.39. The van der Waals surface area contributed by atoms with E-state index >= 15 is 0 Å². The summed E-state index contributed by atoms with van der Waals surface area (Å²) in [5.41, 5.74) is -2.74. The number of ether oxygens (including phenoxy) is 1. The van der Waals surface area contributed by atoms with Gasteiger partial charge in [0.05, 0.1) is 10.0 Å². The predicted molar refractivity (Wildman–Crippen MR) is 84.4 cm³/mol. The van der Waals surface area contributed by atoms with E-state index in [2.05, 4.69) is 24.6 Å². The molecule has 0 radical (unpaired) electrons. The summed E-state index contributed by atoms with van der Waals surface area (Å²) in [7, 11) is 0. The van der Waals surface area contributed by atoms with Crippen LogP contribution in [0, 0.1) is 6.92 Å². The van der Waals surface area contributed by atoms with Crippen molar-refractivity contribution in [1.29, 1.82) is 0 Å². The third-order valence-electron chi connectivity index (χ3n) is 3.00. The van der Waals surface area contributed by atoms with Gasteiger partial charge in [0.1, 0.15) is 5.75 Å². The number of nitrogens with zero attached hydrogens (tertiary/aromatic N) is 3. The highest BCUT2D eigenvalue weighted by Crippen LogP contribution is 2.36. The minimum absolute atomic E-state index is 0.0426. The van der Waals surface area contributed by atoms with E-state index in [-0.39, 0.29) is 27.5 Å². The number of nitrogens with one attached hydrogen (secondary N) is 1. The van der Waals surface area contributed by atoms with Crippen molar-refractivity contribution in [1.82, 2.24) is 20.1 Å². The Labute approximate surface area is 152 Å². The quantitative estimate of drug-likeness (QED) is 0.698. The van der Waals surface area contributed by atoms with Crippen molar-refractivity contribution in [2.24, 2.45) is 0 Å². The molecule has 0 aliphatic carbocycles. The molecule has 0 saturated carbocycles. The van der Waals surface area contributed by atoms with E-state index in [4.69, 9.17) is 27.9 Å². The lowest BCUT2D eigenvalue weighted by Gasteiger charge is -2.13. The number of aromatic amines is 1. The second-order valence-corrected chi connectivity index (χ2v) is 5.72. The molecule has 7 nitrogen and oxygen atoms in total. The zero-order chi connectivity index (χ0) is 19.1. The van der Waals surface area contributed by atoms with E-state index in [1.807, 2.05) is 0 Å². The van der Waals surface area contributed by atoms with E-state index in [0.717, 1.165) is 0 Å². The smallest absolute Gasteiger partial charge is 0.437 e. The topological polar surface area (TPSA) is 93.9 Å². The van der Waals surface area contributed by atoms with Crippen LogP contribution in [0.4, 0.5) is 13.2 Å². The average molecular weight is 407 g/mol. The van der Waals surface area contributed by atoms with E-state index in [0.29, 0.717) is 0 Å². The SMILES string of the molecule is Cc1nc(-c2nc(C(F)(F)F)c(Oc3ccc(Cl)c(Cl)c3)c(=O)[nH]2)no1. The molecule has 3 aromatic rings. The summed E-state index contributed by atoms with van der Waals surface area (Å²) in [6, 6.07) is 3.73. The number of aryl methyl sites for hydroxylation is 1. The van der Waals surface area contributed by atoms with Crippen LogP contribution in [0.3, 0.4) is 0 Å². The first-order valence-electron chi connectivity index (χ1n) is 6.80. The summed E-state index contributed by atoms with van der Waals surface area (Å²) in [5, 5.41) is 3.64. The molecule has 1 aromatic carbocycles. The molecular weight excluding hydrogens is 400 g/mol. The summed E-state index contributed by atoms with van der Waals surface area (Å²) >= 11 is 11.5. The lowest BCUT2D eigenvalue weighted by molar-refractivity contribution is -0.142. The molecule has 0 unspecified atom stereocenters. The van der Waals surface area contributed by atoms with Gasteiger partial charge in [0.15, 0.2) is 11.5 Å². The third-order valence-corrected chi connectivity index (χ3v) is 3.73. The average Bonchev–Trinajstić information content (AvgIpc) is 2.98. The summed E-state index contributed by atoms with van der Waals surface area (Å²) < 4.78 is 49.8. The van der Waals surface area contributed by atoms with Gasteiger partial charge in [-0.3, -0.25) is 4.79 Å². The number of halogens is 5. The van der Waals surface area contributed by atoms with Crippen LogP contribution in [0.15, 0.2) is 27.5 Å². The molecule has 0 atom stereocenters. The molecule has 2 aromatic heterocycles. The predicted octanol–water partition coefficient (Wildman–Crippen LogP) is 4.25. The van der Waals surface area contributed by atoms with Gasteiger partial charge in [-0.1, -0.05) is 28.4 Å². The Morgan fingerprint density at radius 1 is 1.19 bits per heavy atom. The maximum Gasteiger partial charge on any atom is 0.437 e. The number of rotatable bonds is 3. The molecule has 26 heavy (non-hydrogen) atoms. The van der Waals surface area contributed by atoms with Crippen molar-refractivity contribution in [3.8, 4) is 23.1 Å². The van der Waals surface area contributed by atoms with Crippen molar-refractivity contribution in [3.05, 3.63) is 50.2 Å². The van der Waals surface area contributed by atoms with Crippen molar-refractivity contribution in [2.75, 3.05) is 0 Å². The second kappa shape index (κ2) is 6.61. The molecule has 12 heteroatoms. The highest BCUT2D eigenvalue weighted by atomic mass is 35.5. The first kappa shape index (κ1) is 18.2. The minimum Gasteiger partial charge on any atom is -0.449 e. The molecular formula is C14H7Cl2F3N4O3. The number of hydrogen-bond acceptors (Lipinski definition) is 6. The van der Waals surface area contributed by atoms with Crippen molar-refractivity contribution < 1.29 is 22.4 Å². The largest absolute Gasteiger partial charge is 0.449 e. The van der Waals surface area contributed by atoms with E-state index in [1.165, 1.54) is 25.1 Å². The molecule has 0 saturated heterocycles. The van der Waals surface area contributed by atoms with Gasteiger partial charge < -0.3 is 14.2 Å². The first-order valence-corrected chi connectivity index (χ1v) is 7.56. The van der Waals surface area contributed by atoms with Gasteiger partial charge in [0, 0.05) is 13.0 Å². The van der Waals surface area contributed by atoms with Gasteiger partial charge in [0.2, 0.25) is 17.5 Å². The molecule has 2 heterocycles. The summed E-state index contributed by atoms with van der Waals surface area (Å²) in [4.78, 5) is 21.4. The normalized spacial score (nSPS) is 11.6. The van der Waals surface area contributed by atoms with Crippen LogP contribution >= 0.6 is 23.2 Å². The molecule has 0 aliphatic rings. The molecule has 1 N–H and O–H groups in total. The Bertz CT molecular complexity index is 1030. The fraction of sp³-hybridized carbons (Fsp3) is 0.143. The zero-order valence-electron chi connectivity index (χ0n) is 12.7. The molecule has 0 aliphatic heterocycles. The second-order valence-electron chi connectivity index (χ2n) is 4.91. The summed E-state index contributed by atoms with van der Waals surface area (Å²) in [5.74, 6) is -1.90. The Morgan fingerprint density at radius 3 is 2.50 bits per heavy atom. The van der Waals surface area contributed by atoms with Crippen molar-refractivity contribution in [2.45, 2.75) is 13.1 Å². The fourth-order valence-corrected chi connectivity index (χ4v) is 2.20. The highest BCUT2D eigenvalue weighted by molar-refractivity contribution is 6.42. The van der Waals surface area contributed by atoms with Gasteiger partial charge in [-0.25, -0.2) is 4.98 Å². The van der Waals surface area contributed by atoms with Crippen molar-refractivity contribution in [3.63, 3.8) is 0 Å². The molecule has 0 spiro atoms. The van der Waals surface area contributed by atoms with Gasteiger partial charge in [0.25, 0.3) is 5.56 Å². The van der Waals surface area contributed by atoms with Crippen molar-refractivity contribution >= 4 is 23.2 Å². The van der Waals surface area contributed by atoms with Crippen LogP contribution in [0.25, 0.3) is 11.6 Å². The van der Waals surface area contributed by atoms with Crippen LogP contribution < -0.4 is 10.3 Å². The maximum atomic E-state index is 13.4. The Kier molecular flexibility index (Phi) is 4.63. The van der Waals surface area contributed by atoms with Gasteiger partial charge >= 0.3 is 6.18 Å². The third kappa shape index (κ3) is 3.65. The van der Waals surface area contributed by atoms with Gasteiger partial charge in [-0.05, 0) is 12.1 Å². The lowest BCUT2D eigenvalue weighted by Crippen LogP contribution is -2.21. The van der Waals surface area contributed by atoms with E-state index in [1.54, 1.807) is 0 Å². The minimum atomic E-state index is -4.98. The fourth-order valence-electron chi connectivity index (χ4n) is 1.91. The monoisotopic (exact) mass is 406 g/mol. The van der Waals surface area contributed by atoms with Crippen LogP contribution in [-0.4, -0.2) is 20.1 Å². The molecule has 0 amide bonds. The lowest BCUT2D eigenvalue weighted by atomic mass is 10.3. The number of hydrogen-bond donors (Lipinski definition) is 1. The number of aromatic nitrogens is 4. The Balaban J connectivity index is 2.12. The van der Waals surface area contributed by atoms with Gasteiger partial charge in [-0.15, -0.1) is 0 Å². The van der Waals surface area contributed by atoms with Crippen LogP contribution in [0.1, 0.15) is 11.6 Å². The molecule has 3 rings (SSSR count). The van der Waals surface area contributed by atoms with E-state index < -0.39 is 29.0 Å². The molecule has 0 fully saturated rings. The molecule has 136 valence electrons. The van der Waals surface area contributed by atoms with E-state index in [9.17, 15) is 18.0 Å². The van der Waals surface area contributed by atoms with Crippen LogP contribution in [0.2, 0.25) is 10.0 Å². The number of benzene rings is 1. The van der Waals surface area contributed by atoms with Crippen LogP contribution in [-0.2, 0) is 6.18 Å². The van der Waals surface area contributed by atoms with Gasteiger partial charge in [-0.2, -0.15) is 18.2 Å². The Morgan fingerprint density at radius 2 is 1.92 bits per heavy atom. The number of alkyl halides is 3. The Hall–Kier alpha value is -2.59. The van der Waals surface area contributed by atoms with Crippen LogP contribution in [0.5, 0.6) is 11.5 Å². The summed E-state index contributed by atoms with van der Waals surface area (Å²) in [6.07, 6.45) is -4.98. The number of H-pyrrole nitrogens is 1. The summed E-state index contributed by atoms with van der Waals surface area (Å²) in [6.45, 7) is 1.43.